The molecule has 16 rings (SSSR count). The van der Waals surface area contributed by atoms with Gasteiger partial charge in [0.05, 0.1) is 73.3 Å². The van der Waals surface area contributed by atoms with Crippen molar-refractivity contribution >= 4 is 134 Å². The van der Waals surface area contributed by atoms with Gasteiger partial charge in [-0.3, -0.25) is 39.5 Å². The van der Waals surface area contributed by atoms with Crippen LogP contribution in [-0.4, -0.2) is 222 Å². The van der Waals surface area contributed by atoms with Gasteiger partial charge in [-0.15, -0.1) is 58.8 Å². The second kappa shape index (κ2) is 63.7. The van der Waals surface area contributed by atoms with Gasteiger partial charge in [0.2, 0.25) is 0 Å². The molecular formula is C100H131BCl5N13NaO6. The third-order valence-corrected chi connectivity index (χ3v) is 21.8. The monoisotopic (exact) mass is 1820 g/mol. The number of allylic oxidation sites excluding steroid dienone is 2. The van der Waals surface area contributed by atoms with Crippen LogP contribution in [0.15, 0.2) is 255 Å². The molecular weight excluding hydrogens is 1690 g/mol. The number of ether oxygens (including phenoxy) is 4. The normalized spacial score (nSPS) is 13.4. The third-order valence-electron chi connectivity index (χ3n) is 21.1. The Bertz CT molecular complexity index is 4710. The number of aromatic nitrogens is 4. The van der Waals surface area contributed by atoms with E-state index in [1.54, 1.807) is 46.3 Å². The van der Waals surface area contributed by atoms with E-state index in [1.165, 1.54) is 65.0 Å². The molecule has 671 valence electrons. The summed E-state index contributed by atoms with van der Waals surface area (Å²) in [6.45, 7) is 24.4. The number of aliphatic hydroxyl groups is 1. The second-order valence-electron chi connectivity index (χ2n) is 29.8. The molecule has 19 nitrogen and oxygen atoms in total. The standard InChI is InChI=1S/2C21H23N3O.C14H17N3O.2C11H15Cl2N.C10H10N2O.C7H12.C4H10O.CH4.B.ClH.Na.H2O/c2*1-25-19-14-18-8-5-9-22-21(18)20(15-19)24-12-10-23(11-13-24)16-17-6-3-2-4-7-17;1-18-12-9-11-3-2-4-16-14(11)13(10-12)17-7-5-15-6-8-17;2*12-6-8-14(9-7-13)10-11-4-2-1-3-5-11;1-13-8-5-7-3-2-4-12-10(7)9(11)6-8;1-7-5-3-2-4-6-7;1-2-3-4-5;;;;;/h2*2-9,14-15H,10-13,16H2,1H3;2-4,9-10,15H,5-8H2,1H3;2*1-5H,6-10H2;2-6H,11H2,1H3;5H,2-4,6H2,1H3;5H,2-4H2,1H3;1H4;;1H;;1H2/q;;;;;;;;;;;+1;/p-1. The summed E-state index contributed by atoms with van der Waals surface area (Å²) in [5.41, 5.74) is 20.9. The molecule has 0 spiro atoms. The van der Waals surface area contributed by atoms with Crippen LogP contribution in [0.5, 0.6) is 23.0 Å². The summed E-state index contributed by atoms with van der Waals surface area (Å²) in [4.78, 5) is 34.7. The largest absolute Gasteiger partial charge is 1.00 e. The fourth-order valence-corrected chi connectivity index (χ4v) is 15.5. The number of fused-ring (bicyclic) bond motifs is 4. The number of methoxy groups -OCH3 is 4. The SMILES string of the molecule is C.CC1=CCCCC1.CCCCO.COc1cc(N)c2ncccc2c1.COc1cc(N2CCN(Cc3ccccc3)CC2)c2ncccc2c1.COc1cc(N2CCN(Cc3ccccc3)CC2)c2ncccc2c1.COc1cc(N2CCNCC2)c2ncccc2c1.Cl.ClCCN(CCCl)Cc1ccccc1.ClCCN(CCCl)Cc1ccccc1.[B].[Na+].[OH-]. The van der Waals surface area contributed by atoms with Crippen molar-refractivity contribution in [3.05, 3.63) is 277 Å². The van der Waals surface area contributed by atoms with Gasteiger partial charge in [0.25, 0.3) is 0 Å². The van der Waals surface area contributed by atoms with Crippen molar-refractivity contribution in [2.45, 2.75) is 86.0 Å². The number of anilines is 4. The zero-order valence-corrected chi connectivity index (χ0v) is 80.0. The van der Waals surface area contributed by atoms with Crippen LogP contribution >= 0.6 is 58.8 Å². The first-order chi connectivity index (χ1) is 59.4. The van der Waals surface area contributed by atoms with Crippen molar-refractivity contribution in [2.24, 2.45) is 0 Å². The Balaban J connectivity index is 0.000000311. The minimum Gasteiger partial charge on any atom is -0.870 e. The Morgan fingerprint density at radius 1 is 0.429 bits per heavy atom. The Morgan fingerprint density at radius 3 is 1.03 bits per heavy atom. The van der Waals surface area contributed by atoms with E-state index in [9.17, 15) is 0 Å². The maximum absolute atomic E-state index is 8.07. The summed E-state index contributed by atoms with van der Waals surface area (Å²) in [6, 6.07) is 74.3. The minimum atomic E-state index is 0. The summed E-state index contributed by atoms with van der Waals surface area (Å²) >= 11 is 22.9. The number of nitrogens with two attached hydrogens (primary N) is 1. The summed E-state index contributed by atoms with van der Waals surface area (Å²) in [6.07, 6.45) is 17.2. The fourth-order valence-electron chi connectivity index (χ4n) is 14.6. The van der Waals surface area contributed by atoms with E-state index >= 15 is 0 Å². The van der Waals surface area contributed by atoms with E-state index in [4.69, 9.17) is 76.2 Å². The number of hydrogen-bond donors (Lipinski definition) is 3. The predicted molar refractivity (Wildman–Crippen MR) is 533 cm³/mol. The minimum absolute atomic E-state index is 0. The Morgan fingerprint density at radius 2 is 0.746 bits per heavy atom. The summed E-state index contributed by atoms with van der Waals surface area (Å²) in [5.74, 6) is 6.06. The molecule has 0 atom stereocenters. The maximum Gasteiger partial charge on any atom is 1.00 e. The molecule has 4 aliphatic rings. The average Bonchev–Trinajstić information content (AvgIpc) is 0.795. The molecule has 126 heavy (non-hydrogen) atoms. The number of rotatable bonds is 25. The van der Waals surface area contributed by atoms with Crippen LogP contribution in [0.2, 0.25) is 0 Å². The molecule has 5 N–H and O–H groups in total. The smallest absolute Gasteiger partial charge is 0.870 e. The van der Waals surface area contributed by atoms with E-state index in [0.29, 0.717) is 35.8 Å². The molecule has 3 saturated heterocycles. The number of nitrogen functional groups attached to an aromatic ring is 1. The van der Waals surface area contributed by atoms with Crippen LogP contribution < -0.4 is 74.3 Å². The predicted octanol–water partition coefficient (Wildman–Crippen LogP) is 17.3. The van der Waals surface area contributed by atoms with E-state index < -0.39 is 0 Å². The Hall–Kier alpha value is -8.23. The quantitative estimate of drug-likeness (QED) is 0.0211. The van der Waals surface area contributed by atoms with Gasteiger partial charge in [0.15, 0.2) is 0 Å². The topological polar surface area (TPSA) is 199 Å². The molecule has 26 heteroatoms. The van der Waals surface area contributed by atoms with Crippen molar-refractivity contribution < 1.29 is 59.1 Å². The van der Waals surface area contributed by atoms with Gasteiger partial charge in [-0.05, 0) is 110 Å². The first-order valence-electron chi connectivity index (χ1n) is 42.4. The molecule has 0 amide bonds. The van der Waals surface area contributed by atoms with Gasteiger partial charge in [0, 0.05) is 240 Å². The van der Waals surface area contributed by atoms with Crippen molar-refractivity contribution in [1.29, 1.82) is 0 Å². The zero-order chi connectivity index (χ0) is 85.4. The van der Waals surface area contributed by atoms with E-state index in [-0.39, 0.29) is 63.3 Å². The van der Waals surface area contributed by atoms with Crippen LogP contribution in [-0.2, 0) is 26.2 Å². The maximum atomic E-state index is 8.07. The first kappa shape index (κ1) is 110. The fraction of sp³-hybridized carbons (Fsp3) is 0.380. The third kappa shape index (κ3) is 37.5. The number of halogens is 5. The van der Waals surface area contributed by atoms with Crippen molar-refractivity contribution in [1.82, 2.24) is 44.9 Å². The molecule has 3 radical (unpaired) electrons. The molecule has 4 aromatic heterocycles. The Kier molecular flexibility index (Phi) is 55.6. The van der Waals surface area contributed by atoms with Crippen LogP contribution in [0.1, 0.15) is 82.1 Å². The number of benzene rings is 8. The van der Waals surface area contributed by atoms with Crippen molar-refractivity contribution in [2.75, 3.05) is 184 Å². The number of piperazine rings is 3. The van der Waals surface area contributed by atoms with E-state index in [0.717, 1.165) is 210 Å². The van der Waals surface area contributed by atoms with Gasteiger partial charge in [-0.2, -0.15) is 0 Å². The van der Waals surface area contributed by atoms with Crippen LogP contribution in [0.25, 0.3) is 43.6 Å². The molecule has 7 heterocycles. The first-order valence-corrected chi connectivity index (χ1v) is 44.5. The van der Waals surface area contributed by atoms with E-state index in [2.05, 4.69) is 237 Å². The molecule has 0 bridgehead atoms. The molecule has 3 aliphatic heterocycles. The van der Waals surface area contributed by atoms with Crippen LogP contribution in [0.4, 0.5) is 22.7 Å². The van der Waals surface area contributed by atoms with Gasteiger partial charge in [-0.25, -0.2) is 0 Å². The number of nitrogens with zero attached hydrogens (tertiary/aromatic N) is 11. The molecule has 1 aliphatic carbocycles. The average molecular weight is 1820 g/mol. The summed E-state index contributed by atoms with van der Waals surface area (Å²) in [7, 11) is 6.77. The van der Waals surface area contributed by atoms with Crippen molar-refractivity contribution in [3.8, 4) is 23.0 Å². The number of pyridine rings is 4. The molecule has 0 unspecified atom stereocenters. The number of alkyl halides is 4. The van der Waals surface area contributed by atoms with Gasteiger partial charge in [0.1, 0.15) is 23.0 Å². The van der Waals surface area contributed by atoms with Gasteiger partial charge < -0.3 is 55.3 Å². The zero-order valence-electron chi connectivity index (χ0n) is 74.1. The Labute approximate surface area is 800 Å². The molecule has 8 aromatic carbocycles. The number of hydrogen-bond acceptors (Lipinski definition) is 19. The number of unbranched alkanes of at least 4 members (excludes halogenated alkanes) is 1. The summed E-state index contributed by atoms with van der Waals surface area (Å²) in [5, 5.41) is 15.8. The molecule has 0 saturated carbocycles. The van der Waals surface area contributed by atoms with Crippen LogP contribution in [0, 0.1) is 0 Å². The van der Waals surface area contributed by atoms with E-state index in [1.807, 2.05) is 73.2 Å². The summed E-state index contributed by atoms with van der Waals surface area (Å²) < 4.78 is 21.5. The molecule has 12 aromatic rings. The second-order valence-corrected chi connectivity index (χ2v) is 31.4. The number of aliphatic hydroxyl groups excluding tert-OH is 1. The van der Waals surface area contributed by atoms with Crippen molar-refractivity contribution in [3.63, 3.8) is 0 Å². The van der Waals surface area contributed by atoms with Gasteiger partial charge >= 0.3 is 29.6 Å². The number of nitrogens with one attached hydrogen (secondary N) is 1. The van der Waals surface area contributed by atoms with Gasteiger partial charge in [-0.1, -0.05) is 178 Å². The van der Waals surface area contributed by atoms with Crippen LogP contribution in [0.3, 0.4) is 0 Å². The molecule has 3 fully saturated rings.